The number of nitrogens with zero attached hydrogens (tertiary/aromatic N) is 1. The van der Waals surface area contributed by atoms with E-state index in [9.17, 15) is 9.90 Å². The van der Waals surface area contributed by atoms with Crippen LogP contribution < -0.4 is 5.73 Å². The minimum Gasteiger partial charge on any atom is -0.388 e. The van der Waals surface area contributed by atoms with Crippen molar-refractivity contribution in [3.05, 3.63) is 0 Å². The molecule has 0 saturated carbocycles. The van der Waals surface area contributed by atoms with Crippen LogP contribution >= 0.6 is 0 Å². The molecule has 17 heavy (non-hydrogen) atoms. The number of rotatable bonds is 6. The lowest BCUT2D eigenvalue weighted by Gasteiger charge is -2.35. The Morgan fingerprint density at radius 2 is 2.18 bits per heavy atom. The largest absolute Gasteiger partial charge is 0.388 e. The third-order valence-corrected chi connectivity index (χ3v) is 2.87. The van der Waals surface area contributed by atoms with E-state index >= 15 is 0 Å². The summed E-state index contributed by atoms with van der Waals surface area (Å²) in [5.74, 6) is -0.140. The first-order valence-electron chi connectivity index (χ1n) is 5.89. The zero-order chi connectivity index (χ0) is 12.7. The lowest BCUT2D eigenvalue weighted by Crippen LogP contribution is -2.48. The van der Waals surface area contributed by atoms with Gasteiger partial charge in [-0.2, -0.15) is 0 Å². The van der Waals surface area contributed by atoms with Crippen molar-refractivity contribution in [2.75, 3.05) is 46.6 Å². The molecule has 100 valence electrons. The molecular formula is C11H22N2O4. The maximum absolute atomic E-state index is 11.7. The Labute approximate surface area is 102 Å². The van der Waals surface area contributed by atoms with Crippen molar-refractivity contribution < 1.29 is 19.4 Å². The second-order valence-corrected chi connectivity index (χ2v) is 4.43. The molecule has 6 nitrogen and oxygen atoms in total. The zero-order valence-corrected chi connectivity index (χ0v) is 10.4. The molecule has 1 amide bonds. The molecule has 1 saturated heterocycles. The van der Waals surface area contributed by atoms with Gasteiger partial charge in [-0.25, -0.2) is 0 Å². The van der Waals surface area contributed by atoms with E-state index in [-0.39, 0.29) is 12.5 Å². The highest BCUT2D eigenvalue weighted by molar-refractivity contribution is 5.77. The molecule has 0 aromatic rings. The molecule has 0 aromatic heterocycles. The third-order valence-electron chi connectivity index (χ3n) is 2.87. The first-order chi connectivity index (χ1) is 8.07. The van der Waals surface area contributed by atoms with Crippen LogP contribution in [0, 0.1) is 0 Å². The number of aliphatic hydroxyl groups is 1. The summed E-state index contributed by atoms with van der Waals surface area (Å²) < 4.78 is 10.2. The molecule has 1 fully saturated rings. The number of hydrogen-bond acceptors (Lipinski definition) is 5. The predicted octanol–water partition coefficient (Wildman–Crippen LogP) is -1.04. The van der Waals surface area contributed by atoms with Crippen LogP contribution in [0.4, 0.5) is 0 Å². The summed E-state index contributed by atoms with van der Waals surface area (Å²) in [6, 6.07) is 0. The fraction of sp³-hybridized carbons (Fsp3) is 0.909. The highest BCUT2D eigenvalue weighted by atomic mass is 16.5. The molecule has 1 rings (SSSR count). The van der Waals surface area contributed by atoms with Crippen LogP contribution in [0.1, 0.15) is 12.8 Å². The Hall–Kier alpha value is -0.690. The third kappa shape index (κ3) is 4.99. The summed E-state index contributed by atoms with van der Waals surface area (Å²) >= 11 is 0. The normalized spacial score (nSPS) is 19.0. The van der Waals surface area contributed by atoms with E-state index in [4.69, 9.17) is 15.2 Å². The first kappa shape index (κ1) is 14.4. The predicted molar refractivity (Wildman–Crippen MR) is 62.5 cm³/mol. The van der Waals surface area contributed by atoms with E-state index in [1.54, 1.807) is 7.05 Å². The lowest BCUT2D eigenvalue weighted by molar-refractivity contribution is -0.141. The number of amides is 1. The van der Waals surface area contributed by atoms with Crippen molar-refractivity contribution in [2.24, 2.45) is 5.73 Å². The standard InChI is InChI=1S/C11H22N2O4/c1-13(10(14)8-17-7-4-12)9-11(15)2-5-16-6-3-11/h15H,2-9,12H2,1H3. The summed E-state index contributed by atoms with van der Waals surface area (Å²) in [6.45, 7) is 2.20. The van der Waals surface area contributed by atoms with Gasteiger partial charge in [0.15, 0.2) is 0 Å². The van der Waals surface area contributed by atoms with Gasteiger partial charge in [0, 0.05) is 46.2 Å². The van der Waals surface area contributed by atoms with Gasteiger partial charge >= 0.3 is 0 Å². The Kier molecular flexibility index (Phi) is 5.84. The highest BCUT2D eigenvalue weighted by Gasteiger charge is 2.32. The molecule has 0 unspecified atom stereocenters. The molecule has 0 aliphatic carbocycles. The van der Waals surface area contributed by atoms with Crippen LogP contribution in [0.15, 0.2) is 0 Å². The van der Waals surface area contributed by atoms with Gasteiger partial charge in [-0.1, -0.05) is 0 Å². The van der Waals surface area contributed by atoms with Gasteiger partial charge in [0.25, 0.3) is 0 Å². The Bertz CT molecular complexity index is 242. The van der Waals surface area contributed by atoms with Gasteiger partial charge < -0.3 is 25.2 Å². The van der Waals surface area contributed by atoms with Crippen LogP contribution in [0.3, 0.4) is 0 Å². The first-order valence-corrected chi connectivity index (χ1v) is 5.89. The van der Waals surface area contributed by atoms with Crippen molar-refractivity contribution in [1.29, 1.82) is 0 Å². The maximum atomic E-state index is 11.7. The number of hydrogen-bond donors (Lipinski definition) is 2. The summed E-state index contributed by atoms with van der Waals surface area (Å²) in [6.07, 6.45) is 1.13. The fourth-order valence-corrected chi connectivity index (χ4v) is 1.79. The fourth-order valence-electron chi connectivity index (χ4n) is 1.79. The van der Waals surface area contributed by atoms with Crippen molar-refractivity contribution >= 4 is 5.91 Å². The van der Waals surface area contributed by atoms with Gasteiger partial charge in [-0.15, -0.1) is 0 Å². The van der Waals surface area contributed by atoms with Gasteiger partial charge in [-0.05, 0) is 0 Å². The number of ether oxygens (including phenoxy) is 2. The number of nitrogens with two attached hydrogens (primary N) is 1. The Balaban J connectivity index is 2.31. The molecule has 0 spiro atoms. The quantitative estimate of drug-likeness (QED) is 0.585. The Morgan fingerprint density at radius 1 is 1.53 bits per heavy atom. The van der Waals surface area contributed by atoms with Crippen molar-refractivity contribution in [3.8, 4) is 0 Å². The number of likely N-dealkylation sites (N-methyl/N-ethyl adjacent to an activating group) is 1. The van der Waals surface area contributed by atoms with E-state index in [2.05, 4.69) is 0 Å². The topological polar surface area (TPSA) is 85.0 Å². The van der Waals surface area contributed by atoms with Gasteiger partial charge in [-0.3, -0.25) is 4.79 Å². The van der Waals surface area contributed by atoms with Gasteiger partial charge in [0.2, 0.25) is 5.91 Å². The Morgan fingerprint density at radius 3 is 2.76 bits per heavy atom. The molecule has 3 N–H and O–H groups in total. The molecule has 1 aliphatic heterocycles. The van der Waals surface area contributed by atoms with E-state index in [1.807, 2.05) is 0 Å². The maximum Gasteiger partial charge on any atom is 0.248 e. The second kappa shape index (κ2) is 6.90. The van der Waals surface area contributed by atoms with Crippen LogP contribution in [0.25, 0.3) is 0 Å². The zero-order valence-electron chi connectivity index (χ0n) is 10.4. The van der Waals surface area contributed by atoms with Crippen LogP contribution in [0.5, 0.6) is 0 Å². The molecule has 0 bridgehead atoms. The minimum atomic E-state index is -0.823. The molecule has 0 radical (unpaired) electrons. The highest BCUT2D eigenvalue weighted by Crippen LogP contribution is 2.21. The van der Waals surface area contributed by atoms with Crippen molar-refractivity contribution in [3.63, 3.8) is 0 Å². The van der Waals surface area contributed by atoms with Crippen LogP contribution in [-0.2, 0) is 14.3 Å². The van der Waals surface area contributed by atoms with E-state index in [0.717, 1.165) is 0 Å². The van der Waals surface area contributed by atoms with E-state index < -0.39 is 5.60 Å². The summed E-state index contributed by atoms with van der Waals surface area (Å²) in [4.78, 5) is 13.2. The summed E-state index contributed by atoms with van der Waals surface area (Å²) in [5.41, 5.74) is 4.43. The minimum absolute atomic E-state index is 0.0142. The number of carbonyl (C=O) groups excluding carboxylic acids is 1. The lowest BCUT2D eigenvalue weighted by atomic mass is 9.94. The SMILES string of the molecule is CN(CC1(O)CCOCC1)C(=O)COCCN. The average molecular weight is 246 g/mol. The number of carbonyl (C=O) groups is 1. The van der Waals surface area contributed by atoms with Crippen molar-refractivity contribution in [2.45, 2.75) is 18.4 Å². The smallest absolute Gasteiger partial charge is 0.248 e. The molecule has 6 heteroatoms. The monoisotopic (exact) mass is 246 g/mol. The summed E-state index contributed by atoms with van der Waals surface area (Å²) in [7, 11) is 1.67. The van der Waals surface area contributed by atoms with Crippen LogP contribution in [-0.4, -0.2) is 68.1 Å². The van der Waals surface area contributed by atoms with E-state index in [1.165, 1.54) is 4.90 Å². The molecule has 1 heterocycles. The summed E-state index contributed by atoms with van der Waals surface area (Å²) in [5, 5.41) is 10.2. The van der Waals surface area contributed by atoms with Gasteiger partial charge in [0.05, 0.1) is 12.2 Å². The molecule has 0 atom stereocenters. The molecular weight excluding hydrogens is 224 g/mol. The van der Waals surface area contributed by atoms with Gasteiger partial charge in [0.1, 0.15) is 6.61 Å². The molecule has 0 aromatic carbocycles. The van der Waals surface area contributed by atoms with Crippen molar-refractivity contribution in [1.82, 2.24) is 4.90 Å². The van der Waals surface area contributed by atoms with E-state index in [0.29, 0.717) is 45.8 Å². The van der Waals surface area contributed by atoms with Crippen LogP contribution in [0.2, 0.25) is 0 Å². The average Bonchev–Trinajstić information content (AvgIpc) is 2.29. The molecule has 1 aliphatic rings. The second-order valence-electron chi connectivity index (χ2n) is 4.43.